The van der Waals surface area contributed by atoms with Crippen LogP contribution in [0.5, 0.6) is 0 Å². The molecule has 0 aliphatic heterocycles. The van der Waals surface area contributed by atoms with Gasteiger partial charge in [0.15, 0.2) is 0 Å². The SMILES string of the molecule is Brc1ccc2ccc3c(Br)ccc4ccc1c2c43.CCc1cccc(CC)c1N(c1ccccc1)c1ccc2ccc3c(N(c4ccccc4)c4c(CC)cccc4CC)ccc4ccc1c2c43.CCc1cccc(CC)c1Nc1ccccc1. The lowest BCUT2D eigenvalue weighted by molar-refractivity contribution is 1.06. The molecule has 0 radical (unpaired) electrons. The van der Waals surface area contributed by atoms with Crippen molar-refractivity contribution >= 4 is 142 Å². The van der Waals surface area contributed by atoms with Crippen LogP contribution in [-0.2, 0) is 38.5 Å². The third kappa shape index (κ3) is 10.9. The normalized spacial score (nSPS) is 11.3. The Morgan fingerprint density at radius 1 is 0.282 bits per heavy atom. The maximum absolute atomic E-state index is 3.65. The Balaban J connectivity index is 0.000000163. The van der Waals surface area contributed by atoms with Crippen molar-refractivity contribution in [2.45, 2.75) is 80.1 Å². The Morgan fingerprint density at radius 2 is 0.576 bits per heavy atom. The van der Waals surface area contributed by atoms with E-state index >= 15 is 0 Å². The van der Waals surface area contributed by atoms with E-state index in [2.05, 4.69) is 325 Å². The fraction of sp³-hybridized carbons (Fsp3) is 0.150. The van der Waals surface area contributed by atoms with Crippen LogP contribution < -0.4 is 15.1 Å². The minimum atomic E-state index is 0.968. The lowest BCUT2D eigenvalue weighted by Gasteiger charge is -2.32. The van der Waals surface area contributed by atoms with E-state index in [0.717, 1.165) is 53.2 Å². The molecule has 3 nitrogen and oxygen atoms in total. The average Bonchev–Trinajstić information content (AvgIpc) is 2.43. The van der Waals surface area contributed by atoms with Crippen LogP contribution in [0.1, 0.15) is 74.9 Å². The number of rotatable bonds is 14. The first-order valence-electron chi connectivity index (χ1n) is 30.3. The van der Waals surface area contributed by atoms with E-state index in [1.165, 1.54) is 138 Å². The number of halogens is 2. The van der Waals surface area contributed by atoms with Gasteiger partial charge in [0.05, 0.1) is 22.7 Å². The van der Waals surface area contributed by atoms with Gasteiger partial charge >= 0.3 is 0 Å². The minimum absolute atomic E-state index is 0.968. The topological polar surface area (TPSA) is 18.5 Å². The van der Waals surface area contributed by atoms with Crippen molar-refractivity contribution in [2.24, 2.45) is 0 Å². The van der Waals surface area contributed by atoms with Gasteiger partial charge in [0.1, 0.15) is 0 Å². The van der Waals surface area contributed by atoms with Crippen molar-refractivity contribution in [1.82, 2.24) is 0 Å². The molecule has 1 N–H and O–H groups in total. The second-order valence-electron chi connectivity index (χ2n) is 21.9. The molecule has 0 aliphatic carbocycles. The van der Waals surface area contributed by atoms with E-state index < -0.39 is 0 Å². The van der Waals surface area contributed by atoms with Gasteiger partial charge in [0.2, 0.25) is 0 Å². The van der Waals surface area contributed by atoms with Crippen molar-refractivity contribution in [3.63, 3.8) is 0 Å². The number of aryl methyl sites for hydroxylation is 6. The number of nitrogens with zero attached hydrogens (tertiary/aromatic N) is 2. The van der Waals surface area contributed by atoms with E-state index in [9.17, 15) is 0 Å². The summed E-state index contributed by atoms with van der Waals surface area (Å²) in [7, 11) is 0. The first-order valence-corrected chi connectivity index (χ1v) is 31.9. The van der Waals surface area contributed by atoms with Gasteiger partial charge in [-0.15, -0.1) is 0 Å². The maximum atomic E-state index is 3.65. The Labute approximate surface area is 518 Å². The van der Waals surface area contributed by atoms with Crippen molar-refractivity contribution < 1.29 is 0 Å². The number of hydrogen-bond acceptors (Lipinski definition) is 3. The molecule has 14 aromatic carbocycles. The second-order valence-corrected chi connectivity index (χ2v) is 23.6. The van der Waals surface area contributed by atoms with Gasteiger partial charge in [-0.3, -0.25) is 0 Å². The third-order valence-corrected chi connectivity index (χ3v) is 18.5. The van der Waals surface area contributed by atoms with Gasteiger partial charge in [0, 0.05) is 42.5 Å². The van der Waals surface area contributed by atoms with E-state index in [1.54, 1.807) is 0 Å². The molecule has 0 amide bonds. The summed E-state index contributed by atoms with van der Waals surface area (Å²) in [5, 5.41) is 19.1. The number of hydrogen-bond donors (Lipinski definition) is 1. The summed E-state index contributed by atoms with van der Waals surface area (Å²) < 4.78 is 2.31. The van der Waals surface area contributed by atoms with Crippen LogP contribution in [0.4, 0.5) is 45.5 Å². The lowest BCUT2D eigenvalue weighted by Crippen LogP contribution is -2.15. The second kappa shape index (κ2) is 25.4. The van der Waals surface area contributed by atoms with Crippen LogP contribution in [0, 0.1) is 0 Å². The van der Waals surface area contributed by atoms with Gasteiger partial charge < -0.3 is 15.1 Å². The fourth-order valence-corrected chi connectivity index (χ4v) is 13.8. The van der Waals surface area contributed by atoms with Crippen molar-refractivity contribution in [3.05, 3.63) is 285 Å². The fourth-order valence-electron chi connectivity index (χ4n) is 12.9. The smallest absolute Gasteiger partial charge is 0.0540 e. The molecule has 5 heteroatoms. The van der Waals surface area contributed by atoms with Gasteiger partial charge in [-0.05, 0) is 186 Å². The van der Waals surface area contributed by atoms with E-state index in [0.29, 0.717) is 0 Å². The third-order valence-electron chi connectivity index (χ3n) is 17.1. The molecule has 14 aromatic rings. The Bertz CT molecular complexity index is 4300. The number of benzene rings is 14. The highest BCUT2D eigenvalue weighted by Gasteiger charge is 2.25. The zero-order valence-electron chi connectivity index (χ0n) is 49.5. The summed E-state index contributed by atoms with van der Waals surface area (Å²) in [6, 6.07) is 88.4. The van der Waals surface area contributed by atoms with Crippen LogP contribution >= 0.6 is 31.9 Å². The zero-order valence-corrected chi connectivity index (χ0v) is 52.7. The van der Waals surface area contributed by atoms with Crippen LogP contribution in [0.2, 0.25) is 0 Å². The monoisotopic (exact) mass is 1230 g/mol. The summed E-state index contributed by atoms with van der Waals surface area (Å²) in [6.07, 6.45) is 5.99. The first kappa shape index (κ1) is 57.0. The maximum Gasteiger partial charge on any atom is 0.0540 e. The average molecular weight is 1230 g/mol. The molecule has 0 aliphatic rings. The molecular formula is C80H71Br2N3. The molecule has 0 spiro atoms. The van der Waals surface area contributed by atoms with Crippen LogP contribution in [0.25, 0.3) is 64.6 Å². The summed E-state index contributed by atoms with van der Waals surface area (Å²) in [5.74, 6) is 0. The number of anilines is 8. The van der Waals surface area contributed by atoms with Crippen LogP contribution in [0.15, 0.2) is 252 Å². The zero-order chi connectivity index (χ0) is 58.6. The molecule has 0 bridgehead atoms. The van der Waals surface area contributed by atoms with Crippen LogP contribution in [0.3, 0.4) is 0 Å². The van der Waals surface area contributed by atoms with E-state index in [1.807, 2.05) is 6.07 Å². The molecule has 0 aromatic heterocycles. The molecule has 14 rings (SSSR count). The summed E-state index contributed by atoms with van der Waals surface area (Å²) >= 11 is 7.30. The van der Waals surface area contributed by atoms with E-state index in [-0.39, 0.29) is 0 Å². The quantitative estimate of drug-likeness (QED) is 0.110. The molecule has 420 valence electrons. The van der Waals surface area contributed by atoms with Gasteiger partial charge in [-0.25, -0.2) is 0 Å². The molecule has 0 unspecified atom stereocenters. The predicted molar refractivity (Wildman–Crippen MR) is 377 cm³/mol. The minimum Gasteiger partial charge on any atom is -0.355 e. The summed E-state index contributed by atoms with van der Waals surface area (Å²) in [6.45, 7) is 13.5. The predicted octanol–water partition coefficient (Wildman–Crippen LogP) is 24.4. The van der Waals surface area contributed by atoms with Gasteiger partial charge in [-0.2, -0.15) is 0 Å². The van der Waals surface area contributed by atoms with Gasteiger partial charge in [-0.1, -0.05) is 255 Å². The number of nitrogens with one attached hydrogen (secondary N) is 1. The Kier molecular flexibility index (Phi) is 17.0. The summed E-state index contributed by atoms with van der Waals surface area (Å²) in [4.78, 5) is 5.04. The molecule has 0 atom stereocenters. The molecule has 0 saturated carbocycles. The Morgan fingerprint density at radius 3 is 0.929 bits per heavy atom. The highest BCUT2D eigenvalue weighted by molar-refractivity contribution is 9.11. The molecule has 0 fully saturated rings. The first-order chi connectivity index (χ1) is 41.8. The molecule has 0 saturated heterocycles. The van der Waals surface area contributed by atoms with Crippen molar-refractivity contribution in [1.29, 1.82) is 0 Å². The molecular weight excluding hydrogens is 1160 g/mol. The lowest BCUT2D eigenvalue weighted by atomic mass is 9.91. The van der Waals surface area contributed by atoms with E-state index in [4.69, 9.17) is 0 Å². The van der Waals surface area contributed by atoms with Gasteiger partial charge in [0.25, 0.3) is 0 Å². The highest BCUT2D eigenvalue weighted by atomic mass is 79.9. The number of para-hydroxylation sites is 6. The molecule has 0 heterocycles. The van der Waals surface area contributed by atoms with Crippen molar-refractivity contribution in [3.8, 4) is 0 Å². The molecule has 85 heavy (non-hydrogen) atoms. The van der Waals surface area contributed by atoms with Crippen molar-refractivity contribution in [2.75, 3.05) is 15.1 Å². The standard InChI is InChI=1S/C48H44N2.C16H8Br2.C16H19N/c1-5-33-17-15-18-34(6-2)47(33)49(39-21-11-9-12-22-39)43-31-27-37-26-30-42-44(32-28-38-25-29-41(43)45(37)46(38)42)50(40-23-13-10-14-24-40)48-35(7-3)19-16-20-36(48)8-4;17-13-8-4-10-2-6-12-14(18)7-3-9-1-5-11(13)16(10)15(9)12;1-3-13-9-8-10-14(4-2)16(13)17-15-11-6-5-7-12-15/h9-32H,5-8H2,1-4H3;1-8H;5-12,17H,3-4H2,1-2H3. The van der Waals surface area contributed by atoms with Crippen LogP contribution in [-0.4, -0.2) is 0 Å². The highest BCUT2D eigenvalue weighted by Crippen LogP contribution is 2.50. The Hall–Kier alpha value is -8.48. The largest absolute Gasteiger partial charge is 0.355 e. The summed E-state index contributed by atoms with van der Waals surface area (Å²) in [5.41, 5.74) is 18.0.